The van der Waals surface area contributed by atoms with Crippen LogP contribution >= 0.6 is 0 Å². The van der Waals surface area contributed by atoms with Gasteiger partial charge in [-0.3, -0.25) is 0 Å². The van der Waals surface area contributed by atoms with Crippen molar-refractivity contribution in [3.8, 4) is 0 Å². The second-order valence-electron chi connectivity index (χ2n) is 16.6. The Kier molecular flexibility index (Phi) is 7.65. The van der Waals surface area contributed by atoms with Crippen LogP contribution in [0.2, 0.25) is 0 Å². The number of benzene rings is 1. The Morgan fingerprint density at radius 1 is 0.953 bits per heavy atom. The summed E-state index contributed by atoms with van der Waals surface area (Å²) in [7, 11) is 1.44. The lowest BCUT2D eigenvalue weighted by Crippen LogP contribution is -2.68. The first kappa shape index (κ1) is 31.1. The lowest BCUT2D eigenvalue weighted by Gasteiger charge is -2.72. The lowest BCUT2D eigenvalue weighted by molar-refractivity contribution is -0.219. The molecule has 0 bridgehead atoms. The summed E-state index contributed by atoms with van der Waals surface area (Å²) in [6, 6.07) is 8.10. The molecule has 4 saturated carbocycles. The van der Waals surface area contributed by atoms with Crippen LogP contribution in [0.15, 0.2) is 42.5 Å². The topological polar surface area (TPSA) is 58.6 Å². The van der Waals surface area contributed by atoms with Crippen molar-refractivity contribution in [1.29, 1.82) is 0 Å². The maximum atomic E-state index is 12.1. The average molecular weight is 588 g/mol. The van der Waals surface area contributed by atoms with Crippen molar-refractivity contribution < 1.29 is 14.6 Å². The largest absolute Gasteiger partial charge is 0.465 e. The quantitative estimate of drug-likeness (QED) is 0.259. The van der Waals surface area contributed by atoms with Crippen LogP contribution in [0, 0.1) is 51.2 Å². The fourth-order valence-corrected chi connectivity index (χ4v) is 12.8. The maximum absolute atomic E-state index is 12.1. The molecule has 0 aliphatic heterocycles. The van der Waals surface area contributed by atoms with Gasteiger partial charge in [-0.1, -0.05) is 65.0 Å². The number of methoxy groups -OCH3 is 1. The number of β-amino-alcohol motifs (C(OH)–C–C–N with tert-alkyl or cyclic N) is 1. The minimum atomic E-state index is -0.275. The molecule has 1 aromatic rings. The predicted molar refractivity (Wildman–Crippen MR) is 175 cm³/mol. The van der Waals surface area contributed by atoms with Gasteiger partial charge < -0.3 is 15.2 Å². The Labute approximate surface area is 261 Å². The highest BCUT2D eigenvalue weighted by Gasteiger charge is 2.70. The van der Waals surface area contributed by atoms with Gasteiger partial charge in [-0.2, -0.15) is 0 Å². The summed E-state index contributed by atoms with van der Waals surface area (Å²) in [6.07, 6.45) is 13.9. The molecular formula is C39H57NO3. The van der Waals surface area contributed by atoms with Crippen LogP contribution in [-0.2, 0) is 4.74 Å². The second kappa shape index (κ2) is 10.6. The highest BCUT2D eigenvalue weighted by Crippen LogP contribution is 2.76. The number of hydrogen-bond acceptors (Lipinski definition) is 4. The van der Waals surface area contributed by atoms with E-state index in [0.717, 1.165) is 6.42 Å². The zero-order valence-electron chi connectivity index (χ0n) is 28.0. The summed E-state index contributed by atoms with van der Waals surface area (Å²) in [6.45, 7) is 20.8. The molecule has 5 aliphatic carbocycles. The molecule has 0 aromatic heterocycles. The first-order valence-corrected chi connectivity index (χ1v) is 17.2. The van der Waals surface area contributed by atoms with Gasteiger partial charge >= 0.3 is 5.97 Å². The number of fused-ring (bicyclic) bond motifs is 7. The van der Waals surface area contributed by atoms with Crippen LogP contribution in [0.25, 0.3) is 5.57 Å². The summed E-state index contributed by atoms with van der Waals surface area (Å²) in [4.78, 5) is 12.1. The van der Waals surface area contributed by atoms with Crippen molar-refractivity contribution in [2.45, 2.75) is 105 Å². The van der Waals surface area contributed by atoms with Crippen LogP contribution in [0.5, 0.6) is 0 Å². The minimum absolute atomic E-state index is 0.0608. The van der Waals surface area contributed by atoms with Crippen LogP contribution in [0.3, 0.4) is 0 Å². The number of aliphatic hydroxyl groups excluding tert-OH is 1. The zero-order chi connectivity index (χ0) is 31.0. The van der Waals surface area contributed by atoms with Crippen molar-refractivity contribution >= 4 is 11.5 Å². The molecule has 0 radical (unpaired) electrons. The summed E-state index contributed by atoms with van der Waals surface area (Å²) in [5.41, 5.74) is 5.80. The van der Waals surface area contributed by atoms with Crippen molar-refractivity contribution in [2.24, 2.45) is 51.2 Å². The third-order valence-corrected chi connectivity index (χ3v) is 14.9. The molecule has 1 aromatic carbocycles. The summed E-state index contributed by atoms with van der Waals surface area (Å²) >= 11 is 0. The van der Waals surface area contributed by atoms with E-state index in [4.69, 9.17) is 4.74 Å². The van der Waals surface area contributed by atoms with Crippen LogP contribution < -0.4 is 5.32 Å². The van der Waals surface area contributed by atoms with E-state index < -0.39 is 0 Å². The third kappa shape index (κ3) is 4.32. The van der Waals surface area contributed by atoms with E-state index in [1.165, 1.54) is 75.2 Å². The van der Waals surface area contributed by atoms with Gasteiger partial charge in [0.1, 0.15) is 0 Å². The van der Waals surface area contributed by atoms with Crippen molar-refractivity contribution in [2.75, 3.05) is 20.3 Å². The van der Waals surface area contributed by atoms with Gasteiger partial charge in [0, 0.05) is 12.1 Å². The molecule has 2 N–H and O–H groups in total. The molecule has 0 saturated heterocycles. The van der Waals surface area contributed by atoms with E-state index >= 15 is 0 Å². The fourth-order valence-electron chi connectivity index (χ4n) is 12.8. The van der Waals surface area contributed by atoms with Crippen LogP contribution in [0.4, 0.5) is 0 Å². The van der Waals surface area contributed by atoms with E-state index in [1.54, 1.807) is 0 Å². The number of rotatable bonds is 6. The molecule has 0 amide bonds. The smallest absolute Gasteiger partial charge is 0.337 e. The number of hydrogen-bond donors (Lipinski definition) is 2. The molecule has 6 rings (SSSR count). The van der Waals surface area contributed by atoms with Crippen LogP contribution in [-0.4, -0.2) is 36.9 Å². The van der Waals surface area contributed by atoms with E-state index in [9.17, 15) is 9.90 Å². The van der Waals surface area contributed by atoms with E-state index in [1.807, 2.05) is 12.1 Å². The van der Waals surface area contributed by atoms with Gasteiger partial charge in [0.2, 0.25) is 0 Å². The molecule has 43 heavy (non-hydrogen) atoms. The predicted octanol–water partition coefficient (Wildman–Crippen LogP) is 8.46. The van der Waals surface area contributed by atoms with Gasteiger partial charge in [-0.05, 0) is 139 Å². The number of ether oxygens (including phenoxy) is 1. The standard InChI is InChI=1S/C39H57NO3/c1-25(2)28-15-20-39(40-23-24-41)22-21-37(6)30(33(28)39)13-14-32-36(5)18-16-29(26-9-11-27(12-10-26)34(42)43-8)35(3,4)31(36)17-19-38(32,37)7/h9-12,16,28,30-33,40-41H,1,13-15,17-24H2,2-8H3. The zero-order valence-corrected chi connectivity index (χ0v) is 28.0. The minimum Gasteiger partial charge on any atom is -0.465 e. The number of carbonyl (C=O) groups excluding carboxylic acids is 1. The first-order chi connectivity index (χ1) is 20.3. The molecule has 5 aliphatic rings. The number of carbonyl (C=O) groups is 1. The first-order valence-electron chi connectivity index (χ1n) is 17.2. The van der Waals surface area contributed by atoms with Crippen LogP contribution in [0.1, 0.15) is 115 Å². The fraction of sp³-hybridized carbons (Fsp3) is 0.718. The number of esters is 1. The van der Waals surface area contributed by atoms with E-state index in [2.05, 4.69) is 71.6 Å². The van der Waals surface area contributed by atoms with Crippen molar-refractivity contribution in [3.63, 3.8) is 0 Å². The summed E-state index contributed by atoms with van der Waals surface area (Å²) < 4.78 is 4.94. The Balaban J connectivity index is 1.34. The Hall–Kier alpha value is -1.91. The van der Waals surface area contributed by atoms with E-state index in [0.29, 0.717) is 52.5 Å². The highest BCUT2D eigenvalue weighted by molar-refractivity contribution is 5.89. The van der Waals surface area contributed by atoms with E-state index in [-0.39, 0.29) is 28.9 Å². The molecule has 236 valence electrons. The number of aliphatic hydroxyl groups is 1. The Morgan fingerprint density at radius 2 is 1.67 bits per heavy atom. The number of allylic oxidation sites excluding steroid dienone is 3. The Morgan fingerprint density at radius 3 is 2.33 bits per heavy atom. The molecule has 9 atom stereocenters. The number of nitrogens with one attached hydrogen (secondary N) is 1. The van der Waals surface area contributed by atoms with Gasteiger partial charge in [-0.25, -0.2) is 4.79 Å². The van der Waals surface area contributed by atoms with Gasteiger partial charge in [0.05, 0.1) is 19.3 Å². The molecular weight excluding hydrogens is 530 g/mol. The molecule has 4 nitrogen and oxygen atoms in total. The molecule has 4 fully saturated rings. The Bertz CT molecular complexity index is 1300. The van der Waals surface area contributed by atoms with Gasteiger partial charge in [0.25, 0.3) is 0 Å². The van der Waals surface area contributed by atoms with Crippen molar-refractivity contribution in [3.05, 3.63) is 53.6 Å². The monoisotopic (exact) mass is 587 g/mol. The molecule has 9 unspecified atom stereocenters. The maximum Gasteiger partial charge on any atom is 0.337 e. The molecule has 0 heterocycles. The highest BCUT2D eigenvalue weighted by atomic mass is 16.5. The van der Waals surface area contributed by atoms with Crippen molar-refractivity contribution in [1.82, 2.24) is 5.32 Å². The summed E-state index contributed by atoms with van der Waals surface area (Å²) in [5, 5.41) is 13.7. The molecule has 4 heteroatoms. The average Bonchev–Trinajstić information content (AvgIpc) is 3.36. The lowest BCUT2D eigenvalue weighted by atomic mass is 9.33. The third-order valence-electron chi connectivity index (χ3n) is 14.9. The summed E-state index contributed by atoms with van der Waals surface area (Å²) in [5.74, 6) is 2.98. The normalized spacial score (nSPS) is 43.0. The van der Waals surface area contributed by atoms with Gasteiger partial charge in [-0.15, -0.1) is 0 Å². The van der Waals surface area contributed by atoms with Gasteiger partial charge in [0.15, 0.2) is 0 Å². The SMILES string of the molecule is C=C(C)C1CCC2(NCCO)CCC3(C)C(CCC4C5(C)CC=C(c6ccc(C(=O)OC)cc6)C(C)(C)C5CCC43C)C12. The molecule has 0 spiro atoms. The second-order valence-corrected chi connectivity index (χ2v) is 16.6.